The first-order valence-electron chi connectivity index (χ1n) is 5.99. The maximum Gasteiger partial charge on any atom is 0.471 e. The van der Waals surface area contributed by atoms with Gasteiger partial charge in [-0.05, 0) is 12.1 Å². The van der Waals surface area contributed by atoms with Gasteiger partial charge in [-0.15, -0.1) is 0 Å². The number of aromatic nitrogens is 2. The van der Waals surface area contributed by atoms with Gasteiger partial charge in [0.25, 0.3) is 0 Å². The molecule has 0 unspecified atom stereocenters. The Balaban J connectivity index is 1.98. The van der Waals surface area contributed by atoms with Crippen molar-refractivity contribution in [3.8, 4) is 5.69 Å². The summed E-state index contributed by atoms with van der Waals surface area (Å²) in [6.07, 6.45) is -3.21. The first-order chi connectivity index (χ1) is 9.48. The fraction of sp³-hybridized carbons (Fsp3) is 0.231. The van der Waals surface area contributed by atoms with Crippen LogP contribution in [0.3, 0.4) is 0 Å². The van der Waals surface area contributed by atoms with Gasteiger partial charge >= 0.3 is 12.1 Å². The molecule has 0 radical (unpaired) electrons. The van der Waals surface area contributed by atoms with Crippen LogP contribution in [0, 0.1) is 0 Å². The van der Waals surface area contributed by atoms with E-state index in [2.05, 4.69) is 5.10 Å². The molecule has 0 saturated heterocycles. The molecule has 0 saturated carbocycles. The Labute approximate surface area is 112 Å². The van der Waals surface area contributed by atoms with Gasteiger partial charge < -0.3 is 4.90 Å². The van der Waals surface area contributed by atoms with Crippen LogP contribution in [-0.2, 0) is 11.2 Å². The zero-order valence-electron chi connectivity index (χ0n) is 10.3. The predicted octanol–water partition coefficient (Wildman–Crippen LogP) is 2.32. The molecule has 0 atom stereocenters. The van der Waals surface area contributed by atoms with E-state index in [1.165, 1.54) is 6.20 Å². The van der Waals surface area contributed by atoms with E-state index >= 15 is 0 Å². The van der Waals surface area contributed by atoms with Crippen molar-refractivity contribution in [2.75, 3.05) is 11.4 Å². The fourth-order valence-electron chi connectivity index (χ4n) is 2.32. The Bertz CT molecular complexity index is 649. The maximum atomic E-state index is 12.5. The third-order valence-electron chi connectivity index (χ3n) is 3.20. The number of hydrogen-bond acceptors (Lipinski definition) is 2. The van der Waals surface area contributed by atoms with Gasteiger partial charge in [0.15, 0.2) is 0 Å². The van der Waals surface area contributed by atoms with Crippen LogP contribution in [0.5, 0.6) is 0 Å². The lowest BCUT2D eigenvalue weighted by molar-refractivity contribution is -0.170. The van der Waals surface area contributed by atoms with Crippen molar-refractivity contribution in [3.05, 3.63) is 42.2 Å². The average molecular weight is 281 g/mol. The highest BCUT2D eigenvalue weighted by Gasteiger charge is 2.45. The monoisotopic (exact) mass is 281 g/mol. The lowest BCUT2D eigenvalue weighted by atomic mass is 10.3. The van der Waals surface area contributed by atoms with E-state index in [9.17, 15) is 18.0 Å². The first kappa shape index (κ1) is 12.7. The summed E-state index contributed by atoms with van der Waals surface area (Å²) in [6, 6.07) is 9.09. The molecule has 1 aromatic heterocycles. The fourth-order valence-corrected chi connectivity index (χ4v) is 2.32. The van der Waals surface area contributed by atoms with Crippen LogP contribution in [0.15, 0.2) is 36.5 Å². The van der Waals surface area contributed by atoms with Gasteiger partial charge in [0.05, 0.1) is 23.3 Å². The van der Waals surface area contributed by atoms with Crippen LogP contribution < -0.4 is 4.90 Å². The second-order valence-corrected chi connectivity index (χ2v) is 4.43. The Kier molecular flexibility index (Phi) is 2.77. The third-order valence-corrected chi connectivity index (χ3v) is 3.20. The number of carbonyl (C=O) groups is 1. The van der Waals surface area contributed by atoms with E-state index in [1.54, 1.807) is 4.68 Å². The Hall–Kier alpha value is -2.31. The molecular weight excluding hydrogens is 271 g/mol. The number of alkyl halides is 3. The van der Waals surface area contributed by atoms with Crippen molar-refractivity contribution < 1.29 is 18.0 Å². The molecule has 7 heteroatoms. The molecule has 1 amide bonds. The van der Waals surface area contributed by atoms with Crippen molar-refractivity contribution >= 4 is 11.6 Å². The topological polar surface area (TPSA) is 38.1 Å². The third kappa shape index (κ3) is 1.95. The number of amides is 1. The van der Waals surface area contributed by atoms with Crippen LogP contribution in [0.4, 0.5) is 18.9 Å². The van der Waals surface area contributed by atoms with Crippen molar-refractivity contribution in [1.82, 2.24) is 9.78 Å². The number of benzene rings is 1. The summed E-state index contributed by atoms with van der Waals surface area (Å²) in [5, 5.41) is 4.08. The van der Waals surface area contributed by atoms with Crippen LogP contribution in [0.25, 0.3) is 5.69 Å². The van der Waals surface area contributed by atoms with Crippen molar-refractivity contribution in [3.63, 3.8) is 0 Å². The number of fused-ring (bicyclic) bond motifs is 1. The highest BCUT2D eigenvalue weighted by atomic mass is 19.4. The van der Waals surface area contributed by atoms with Gasteiger partial charge in [-0.2, -0.15) is 18.3 Å². The highest BCUT2D eigenvalue weighted by Crippen LogP contribution is 2.32. The van der Waals surface area contributed by atoms with Crippen LogP contribution in [-0.4, -0.2) is 28.4 Å². The quantitative estimate of drug-likeness (QED) is 0.804. The summed E-state index contributed by atoms with van der Waals surface area (Å²) in [5.41, 5.74) is 1.61. The molecule has 4 nitrogen and oxygen atoms in total. The predicted molar refractivity (Wildman–Crippen MR) is 65.7 cm³/mol. The molecule has 1 aliphatic heterocycles. The summed E-state index contributed by atoms with van der Waals surface area (Å²) >= 11 is 0. The lowest BCUT2D eigenvalue weighted by Crippen LogP contribution is -2.40. The van der Waals surface area contributed by atoms with Crippen LogP contribution in [0.2, 0.25) is 0 Å². The van der Waals surface area contributed by atoms with Gasteiger partial charge in [-0.1, -0.05) is 18.2 Å². The standard InChI is InChI=1S/C13H10F3N3O/c14-13(15,16)12(20)18-7-6-10-11(18)8-17-19(10)9-4-2-1-3-5-9/h1-5,8H,6-7H2. The van der Waals surface area contributed by atoms with Gasteiger partial charge in [0.2, 0.25) is 0 Å². The molecule has 0 spiro atoms. The number of rotatable bonds is 1. The zero-order chi connectivity index (χ0) is 14.3. The summed E-state index contributed by atoms with van der Waals surface area (Å²) < 4.78 is 39.1. The van der Waals surface area contributed by atoms with E-state index in [4.69, 9.17) is 0 Å². The Morgan fingerprint density at radius 3 is 2.55 bits per heavy atom. The van der Waals surface area contributed by atoms with Crippen molar-refractivity contribution in [1.29, 1.82) is 0 Å². The molecule has 104 valence electrons. The maximum absolute atomic E-state index is 12.5. The number of anilines is 1. The summed E-state index contributed by atoms with van der Waals surface area (Å²) in [6.45, 7) is 0.0262. The average Bonchev–Trinajstić information content (AvgIpc) is 2.98. The minimum Gasteiger partial charge on any atom is -0.301 e. The summed E-state index contributed by atoms with van der Waals surface area (Å²) in [4.78, 5) is 12.1. The van der Waals surface area contributed by atoms with Gasteiger partial charge in [-0.3, -0.25) is 4.79 Å². The smallest absolute Gasteiger partial charge is 0.301 e. The van der Waals surface area contributed by atoms with E-state index in [0.717, 1.165) is 10.6 Å². The lowest BCUT2D eigenvalue weighted by Gasteiger charge is -2.16. The van der Waals surface area contributed by atoms with Crippen molar-refractivity contribution in [2.45, 2.75) is 12.6 Å². The molecule has 20 heavy (non-hydrogen) atoms. The minimum atomic E-state index is -4.86. The second-order valence-electron chi connectivity index (χ2n) is 4.43. The van der Waals surface area contributed by atoms with Gasteiger partial charge in [-0.25, -0.2) is 4.68 Å². The number of para-hydroxylation sites is 1. The number of nitrogens with zero attached hydrogens (tertiary/aromatic N) is 3. The Morgan fingerprint density at radius 1 is 1.20 bits per heavy atom. The molecule has 2 aromatic rings. The molecule has 0 bridgehead atoms. The summed E-state index contributed by atoms with van der Waals surface area (Å²) in [5.74, 6) is -1.84. The van der Waals surface area contributed by atoms with E-state index in [0.29, 0.717) is 12.1 Å². The SMILES string of the molecule is O=C(N1CCc2c1cnn2-c1ccccc1)C(F)(F)F. The van der Waals surface area contributed by atoms with Gasteiger partial charge in [0, 0.05) is 13.0 Å². The number of carbonyl (C=O) groups excluding carboxylic acids is 1. The first-order valence-corrected chi connectivity index (χ1v) is 5.99. The molecule has 2 heterocycles. The van der Waals surface area contributed by atoms with E-state index in [1.807, 2.05) is 30.3 Å². The van der Waals surface area contributed by atoms with Crippen LogP contribution in [0.1, 0.15) is 5.69 Å². The molecule has 0 fully saturated rings. The second kappa shape index (κ2) is 4.36. The Morgan fingerprint density at radius 2 is 1.90 bits per heavy atom. The normalized spacial score (nSPS) is 14.4. The molecular formula is C13H10F3N3O. The zero-order valence-corrected chi connectivity index (χ0v) is 10.3. The van der Waals surface area contributed by atoms with E-state index < -0.39 is 12.1 Å². The number of hydrogen-bond donors (Lipinski definition) is 0. The molecule has 1 aliphatic rings. The molecule has 0 N–H and O–H groups in total. The molecule has 1 aromatic carbocycles. The summed E-state index contributed by atoms with van der Waals surface area (Å²) in [7, 11) is 0. The van der Waals surface area contributed by atoms with Crippen molar-refractivity contribution in [2.24, 2.45) is 0 Å². The number of halogens is 3. The largest absolute Gasteiger partial charge is 0.471 e. The highest BCUT2D eigenvalue weighted by molar-refractivity contribution is 5.98. The molecule has 0 aliphatic carbocycles. The van der Waals surface area contributed by atoms with Crippen LogP contribution >= 0.6 is 0 Å². The van der Waals surface area contributed by atoms with E-state index in [-0.39, 0.29) is 12.2 Å². The van der Waals surface area contributed by atoms with Gasteiger partial charge in [0.1, 0.15) is 0 Å². The molecule has 3 rings (SSSR count). The minimum absolute atomic E-state index is 0.0262.